The Hall–Kier alpha value is -1.77. The lowest BCUT2D eigenvalue weighted by atomic mass is 10.0. The Morgan fingerprint density at radius 2 is 1.37 bits per heavy atom. The molecule has 1 N–H and O–H groups in total. The molecule has 0 spiro atoms. The summed E-state index contributed by atoms with van der Waals surface area (Å²) in [6, 6.07) is 13.6. The second kappa shape index (κ2) is 5.91. The number of hydrogen-bond acceptors (Lipinski definition) is 1. The number of hydrogen-bond donors (Lipinski definition) is 1. The van der Waals surface area contributed by atoms with Crippen LogP contribution in [0.25, 0.3) is 11.6 Å². The van der Waals surface area contributed by atoms with Gasteiger partial charge in [-0.3, -0.25) is 0 Å². The molecule has 19 heavy (non-hydrogen) atoms. The van der Waals surface area contributed by atoms with Crippen LogP contribution in [0.5, 0.6) is 0 Å². The van der Waals surface area contributed by atoms with Gasteiger partial charge < -0.3 is 5.11 Å². The molecule has 0 bridgehead atoms. The third kappa shape index (κ3) is 3.60. The van der Waals surface area contributed by atoms with E-state index in [2.05, 4.69) is 0 Å². The number of rotatable bonds is 3. The van der Waals surface area contributed by atoms with E-state index < -0.39 is 5.97 Å². The van der Waals surface area contributed by atoms with E-state index in [4.69, 9.17) is 23.2 Å². The molecule has 2 rings (SSSR count). The van der Waals surface area contributed by atoms with Crippen molar-refractivity contribution >= 4 is 40.8 Å². The molecule has 0 aliphatic carbocycles. The molecule has 0 saturated heterocycles. The van der Waals surface area contributed by atoms with Crippen LogP contribution in [0.3, 0.4) is 0 Å². The largest absolute Gasteiger partial charge is 0.478 e. The van der Waals surface area contributed by atoms with Crippen LogP contribution < -0.4 is 0 Å². The van der Waals surface area contributed by atoms with Crippen LogP contribution in [0.15, 0.2) is 48.5 Å². The van der Waals surface area contributed by atoms with E-state index in [1.54, 1.807) is 54.6 Å². The predicted octanol–water partition coefficient (Wildman–Crippen LogP) is 4.62. The topological polar surface area (TPSA) is 37.3 Å². The highest BCUT2D eigenvalue weighted by Crippen LogP contribution is 2.21. The average Bonchev–Trinajstić information content (AvgIpc) is 2.39. The number of carboxylic acids is 1. The van der Waals surface area contributed by atoms with E-state index in [1.807, 2.05) is 0 Å². The normalized spacial score (nSPS) is 11.4. The summed E-state index contributed by atoms with van der Waals surface area (Å²) in [5, 5.41) is 10.5. The standard InChI is InChI=1S/C15H10Cl2O2/c16-12-5-1-10(2-6-12)9-14(15(18)19)11-3-7-13(17)8-4-11/h1-9H,(H,18,19)/b14-9-. The van der Waals surface area contributed by atoms with Crippen molar-refractivity contribution in [2.45, 2.75) is 0 Å². The first-order valence-corrected chi connectivity index (χ1v) is 6.28. The zero-order chi connectivity index (χ0) is 13.8. The Morgan fingerprint density at radius 1 is 0.895 bits per heavy atom. The summed E-state index contributed by atoms with van der Waals surface area (Å²) in [6.45, 7) is 0. The second-order valence-corrected chi connectivity index (χ2v) is 4.79. The van der Waals surface area contributed by atoms with Gasteiger partial charge in [-0.1, -0.05) is 47.5 Å². The maximum atomic E-state index is 11.3. The first kappa shape index (κ1) is 13.7. The fraction of sp³-hybridized carbons (Fsp3) is 0. The molecule has 0 aliphatic heterocycles. The van der Waals surface area contributed by atoms with Gasteiger partial charge in [0.1, 0.15) is 0 Å². The van der Waals surface area contributed by atoms with Gasteiger partial charge in [0.25, 0.3) is 0 Å². The molecule has 0 aromatic heterocycles. The number of carboxylic acid groups (broad SMARTS) is 1. The lowest BCUT2D eigenvalue weighted by Gasteiger charge is -2.03. The molecule has 0 saturated carbocycles. The van der Waals surface area contributed by atoms with Crippen LogP contribution in [-0.2, 0) is 4.79 Å². The van der Waals surface area contributed by atoms with Crippen LogP contribution in [0.4, 0.5) is 0 Å². The molecule has 0 atom stereocenters. The van der Waals surface area contributed by atoms with Crippen molar-refractivity contribution in [3.63, 3.8) is 0 Å². The van der Waals surface area contributed by atoms with Crippen molar-refractivity contribution in [3.05, 3.63) is 69.7 Å². The van der Waals surface area contributed by atoms with Crippen LogP contribution in [0.1, 0.15) is 11.1 Å². The fourth-order valence-corrected chi connectivity index (χ4v) is 1.88. The molecule has 0 amide bonds. The maximum absolute atomic E-state index is 11.3. The smallest absolute Gasteiger partial charge is 0.336 e. The van der Waals surface area contributed by atoms with Crippen LogP contribution >= 0.6 is 23.2 Å². The lowest BCUT2D eigenvalue weighted by Crippen LogP contribution is -1.99. The monoisotopic (exact) mass is 292 g/mol. The summed E-state index contributed by atoms with van der Waals surface area (Å²) in [5.74, 6) is -0.989. The Bertz CT molecular complexity index is 614. The summed E-state index contributed by atoms with van der Waals surface area (Å²) in [7, 11) is 0. The maximum Gasteiger partial charge on any atom is 0.336 e. The van der Waals surface area contributed by atoms with Crippen molar-refractivity contribution in [3.8, 4) is 0 Å². The van der Waals surface area contributed by atoms with Gasteiger partial charge in [-0.25, -0.2) is 4.79 Å². The summed E-state index contributed by atoms with van der Waals surface area (Å²) in [4.78, 5) is 11.3. The van der Waals surface area contributed by atoms with E-state index in [1.165, 1.54) is 0 Å². The highest BCUT2D eigenvalue weighted by Gasteiger charge is 2.10. The fourth-order valence-electron chi connectivity index (χ4n) is 1.62. The molecule has 0 aliphatic rings. The van der Waals surface area contributed by atoms with E-state index >= 15 is 0 Å². The molecular formula is C15H10Cl2O2. The molecule has 2 aromatic rings. The minimum absolute atomic E-state index is 0.207. The Morgan fingerprint density at radius 3 is 1.84 bits per heavy atom. The zero-order valence-electron chi connectivity index (χ0n) is 9.81. The third-order valence-electron chi connectivity index (χ3n) is 2.57. The minimum Gasteiger partial charge on any atom is -0.478 e. The van der Waals surface area contributed by atoms with Gasteiger partial charge in [0.15, 0.2) is 0 Å². The van der Waals surface area contributed by atoms with Gasteiger partial charge in [0.05, 0.1) is 5.57 Å². The van der Waals surface area contributed by atoms with Crippen LogP contribution in [0.2, 0.25) is 10.0 Å². The lowest BCUT2D eigenvalue weighted by molar-refractivity contribution is -0.130. The number of carbonyl (C=O) groups is 1. The summed E-state index contributed by atoms with van der Waals surface area (Å²) in [5.41, 5.74) is 1.59. The number of halogens is 2. The van der Waals surface area contributed by atoms with E-state index in [-0.39, 0.29) is 5.57 Å². The third-order valence-corrected chi connectivity index (χ3v) is 3.07. The minimum atomic E-state index is -0.989. The zero-order valence-corrected chi connectivity index (χ0v) is 11.3. The molecular weight excluding hydrogens is 283 g/mol. The Kier molecular flexibility index (Phi) is 4.25. The molecule has 2 aromatic carbocycles. The highest BCUT2D eigenvalue weighted by atomic mass is 35.5. The van der Waals surface area contributed by atoms with Gasteiger partial charge >= 0.3 is 5.97 Å². The highest BCUT2D eigenvalue weighted by molar-refractivity contribution is 6.31. The molecule has 4 heteroatoms. The molecule has 0 unspecified atom stereocenters. The first-order chi connectivity index (χ1) is 9.06. The SMILES string of the molecule is O=C(O)/C(=C\c1ccc(Cl)cc1)c1ccc(Cl)cc1. The van der Waals surface area contributed by atoms with Gasteiger partial charge in [-0.15, -0.1) is 0 Å². The predicted molar refractivity (Wildman–Crippen MR) is 78.4 cm³/mol. The quantitative estimate of drug-likeness (QED) is 0.662. The van der Waals surface area contributed by atoms with Gasteiger partial charge in [0.2, 0.25) is 0 Å². The van der Waals surface area contributed by atoms with Crippen molar-refractivity contribution in [2.75, 3.05) is 0 Å². The Balaban J connectivity index is 2.43. The summed E-state index contributed by atoms with van der Waals surface area (Å²) < 4.78 is 0. The molecule has 2 nitrogen and oxygen atoms in total. The van der Waals surface area contributed by atoms with E-state index in [0.717, 1.165) is 5.56 Å². The molecule has 0 radical (unpaired) electrons. The first-order valence-electron chi connectivity index (χ1n) is 5.53. The molecule has 0 heterocycles. The van der Waals surface area contributed by atoms with Crippen molar-refractivity contribution in [2.24, 2.45) is 0 Å². The summed E-state index contributed by atoms with van der Waals surface area (Å²) in [6.07, 6.45) is 1.60. The number of aliphatic carboxylic acids is 1. The average molecular weight is 293 g/mol. The number of benzene rings is 2. The Labute approximate surface area is 120 Å². The van der Waals surface area contributed by atoms with Crippen LogP contribution in [-0.4, -0.2) is 11.1 Å². The van der Waals surface area contributed by atoms with Crippen molar-refractivity contribution in [1.29, 1.82) is 0 Å². The van der Waals surface area contributed by atoms with Crippen molar-refractivity contribution < 1.29 is 9.90 Å². The van der Waals surface area contributed by atoms with Crippen molar-refractivity contribution in [1.82, 2.24) is 0 Å². The van der Waals surface area contributed by atoms with Gasteiger partial charge in [-0.2, -0.15) is 0 Å². The summed E-state index contributed by atoms with van der Waals surface area (Å²) >= 11 is 11.6. The van der Waals surface area contributed by atoms with Gasteiger partial charge in [0, 0.05) is 10.0 Å². The second-order valence-electron chi connectivity index (χ2n) is 3.92. The van der Waals surface area contributed by atoms with E-state index in [0.29, 0.717) is 15.6 Å². The molecule has 0 fully saturated rings. The van der Waals surface area contributed by atoms with E-state index in [9.17, 15) is 9.90 Å². The molecule has 96 valence electrons. The van der Waals surface area contributed by atoms with Crippen LogP contribution in [0, 0.1) is 0 Å². The van der Waals surface area contributed by atoms with Gasteiger partial charge in [-0.05, 0) is 41.5 Å².